The van der Waals surface area contributed by atoms with Crippen LogP contribution in [-0.2, 0) is 6.54 Å². The van der Waals surface area contributed by atoms with Gasteiger partial charge in [-0.2, -0.15) is 0 Å². The predicted molar refractivity (Wildman–Crippen MR) is 99.0 cm³/mol. The van der Waals surface area contributed by atoms with E-state index in [0.29, 0.717) is 5.56 Å². The molecule has 0 saturated carbocycles. The first kappa shape index (κ1) is 21.7. The summed E-state index contributed by atoms with van der Waals surface area (Å²) in [6.07, 6.45) is -1.66. The highest BCUT2D eigenvalue weighted by Gasteiger charge is 2.41. The molecule has 10 heteroatoms. The third-order valence-electron chi connectivity index (χ3n) is 4.40. The molecular weight excluding hydrogens is 437 g/mol. The van der Waals surface area contributed by atoms with Crippen molar-refractivity contribution in [3.05, 3.63) is 63.1 Å². The highest BCUT2D eigenvalue weighted by Crippen LogP contribution is 2.34. The average molecular weight is 452 g/mol. The van der Waals surface area contributed by atoms with Crippen LogP contribution in [0.15, 0.2) is 30.3 Å². The van der Waals surface area contributed by atoms with Gasteiger partial charge in [-0.25, -0.2) is 22.4 Å². The molecule has 0 radical (unpaired) electrons. The number of carboxylic acid groups (broad SMARTS) is 1. The van der Waals surface area contributed by atoms with Gasteiger partial charge in [-0.05, 0) is 23.8 Å². The van der Waals surface area contributed by atoms with Crippen LogP contribution in [0, 0.1) is 11.6 Å². The maximum absolute atomic E-state index is 14.2. The van der Waals surface area contributed by atoms with E-state index in [9.17, 15) is 22.4 Å². The lowest BCUT2D eigenvalue weighted by Gasteiger charge is -2.37. The predicted octanol–water partition coefficient (Wildman–Crippen LogP) is 5.26. The zero-order valence-electron chi connectivity index (χ0n) is 14.8. The number of carboxylic acids is 1. The minimum absolute atomic E-state index is 0.0363. The Kier molecular flexibility index (Phi) is 6.26. The van der Waals surface area contributed by atoms with Crippen LogP contribution < -0.4 is 4.74 Å². The number of rotatable bonds is 5. The van der Waals surface area contributed by atoms with E-state index in [0.717, 1.165) is 18.2 Å². The Hall–Kier alpha value is -2.03. The van der Waals surface area contributed by atoms with Gasteiger partial charge < -0.3 is 9.84 Å². The SMILES string of the molecule is O=C(O)c1cc(Cl)c(OC2CN(Cc3ccc(F)cc3Cl)CC(F)(F)C2)cc1F. The van der Waals surface area contributed by atoms with Gasteiger partial charge in [-0.3, -0.25) is 4.90 Å². The number of benzene rings is 2. The minimum Gasteiger partial charge on any atom is -0.487 e. The van der Waals surface area contributed by atoms with Gasteiger partial charge in [0.15, 0.2) is 0 Å². The van der Waals surface area contributed by atoms with E-state index >= 15 is 0 Å². The summed E-state index contributed by atoms with van der Waals surface area (Å²) in [6, 6.07) is 5.33. The first-order chi connectivity index (χ1) is 13.5. The van der Waals surface area contributed by atoms with Gasteiger partial charge in [0.2, 0.25) is 0 Å². The highest BCUT2D eigenvalue weighted by atomic mass is 35.5. The average Bonchev–Trinajstić information content (AvgIpc) is 2.58. The minimum atomic E-state index is -3.10. The first-order valence-electron chi connectivity index (χ1n) is 8.47. The number of ether oxygens (including phenoxy) is 1. The Morgan fingerprint density at radius 2 is 1.93 bits per heavy atom. The summed E-state index contributed by atoms with van der Waals surface area (Å²) in [5.41, 5.74) is -0.177. The lowest BCUT2D eigenvalue weighted by molar-refractivity contribution is -0.103. The van der Waals surface area contributed by atoms with Crippen molar-refractivity contribution in [1.29, 1.82) is 0 Å². The third kappa shape index (κ3) is 5.32. The summed E-state index contributed by atoms with van der Waals surface area (Å²) < 4.78 is 61.0. The summed E-state index contributed by atoms with van der Waals surface area (Å²) >= 11 is 11.9. The maximum Gasteiger partial charge on any atom is 0.338 e. The quantitative estimate of drug-likeness (QED) is 0.630. The number of aromatic carboxylic acids is 1. The molecule has 4 nitrogen and oxygen atoms in total. The van der Waals surface area contributed by atoms with Crippen LogP contribution >= 0.6 is 23.2 Å². The standard InChI is InChI=1S/C19H15Cl2F4NO3/c20-14-3-11(22)2-1-10(14)7-26-8-12(6-19(24,25)9-26)29-17-5-16(23)13(18(27)28)4-15(17)21/h1-5,12H,6-9H2,(H,27,28). The van der Waals surface area contributed by atoms with Crippen molar-refractivity contribution in [1.82, 2.24) is 4.90 Å². The van der Waals surface area contributed by atoms with Crippen LogP contribution in [0.4, 0.5) is 17.6 Å². The molecule has 2 aromatic carbocycles. The molecule has 1 fully saturated rings. The van der Waals surface area contributed by atoms with E-state index in [1.807, 2.05) is 0 Å². The normalized spacial score (nSPS) is 19.2. The second kappa shape index (κ2) is 8.38. The van der Waals surface area contributed by atoms with Gasteiger partial charge in [0.25, 0.3) is 5.92 Å². The Balaban J connectivity index is 1.78. The molecule has 1 aliphatic heterocycles. The lowest BCUT2D eigenvalue weighted by atomic mass is 10.0. The fourth-order valence-corrected chi connectivity index (χ4v) is 3.63. The van der Waals surface area contributed by atoms with Crippen LogP contribution in [0.25, 0.3) is 0 Å². The van der Waals surface area contributed by atoms with Gasteiger partial charge in [0.05, 0.1) is 23.6 Å². The van der Waals surface area contributed by atoms with Crippen LogP contribution in [0.1, 0.15) is 22.3 Å². The maximum atomic E-state index is 14.2. The molecule has 1 N–H and O–H groups in total. The van der Waals surface area contributed by atoms with E-state index < -0.39 is 48.2 Å². The first-order valence-corrected chi connectivity index (χ1v) is 9.23. The van der Waals surface area contributed by atoms with Crippen molar-refractivity contribution < 1.29 is 32.2 Å². The number of piperidine rings is 1. The third-order valence-corrected chi connectivity index (χ3v) is 5.04. The van der Waals surface area contributed by atoms with E-state index in [2.05, 4.69) is 0 Å². The molecule has 29 heavy (non-hydrogen) atoms. The van der Waals surface area contributed by atoms with E-state index in [1.165, 1.54) is 17.0 Å². The molecule has 0 spiro atoms. The largest absolute Gasteiger partial charge is 0.487 e. The molecule has 0 aliphatic carbocycles. The second-order valence-electron chi connectivity index (χ2n) is 6.77. The van der Waals surface area contributed by atoms with E-state index in [-0.39, 0.29) is 28.9 Å². The van der Waals surface area contributed by atoms with Gasteiger partial charge in [-0.1, -0.05) is 29.3 Å². The van der Waals surface area contributed by atoms with Crippen molar-refractivity contribution >= 4 is 29.2 Å². The highest BCUT2D eigenvalue weighted by molar-refractivity contribution is 6.32. The summed E-state index contributed by atoms with van der Waals surface area (Å²) in [7, 11) is 0. The van der Waals surface area contributed by atoms with E-state index in [1.54, 1.807) is 0 Å². The fraction of sp³-hybridized carbons (Fsp3) is 0.316. The molecule has 1 aliphatic rings. The van der Waals surface area contributed by atoms with E-state index in [4.69, 9.17) is 33.0 Å². The molecule has 1 heterocycles. The monoisotopic (exact) mass is 451 g/mol. The summed E-state index contributed by atoms with van der Waals surface area (Å²) in [4.78, 5) is 12.3. The van der Waals surface area contributed by atoms with Crippen molar-refractivity contribution in [2.75, 3.05) is 13.1 Å². The van der Waals surface area contributed by atoms with Crippen molar-refractivity contribution in [2.24, 2.45) is 0 Å². The fourth-order valence-electron chi connectivity index (χ4n) is 3.19. The molecular formula is C19H15Cl2F4NO3. The Morgan fingerprint density at radius 3 is 2.59 bits per heavy atom. The number of nitrogens with zero attached hydrogens (tertiary/aromatic N) is 1. The van der Waals surface area contributed by atoms with Gasteiger partial charge >= 0.3 is 5.97 Å². The van der Waals surface area contributed by atoms with Gasteiger partial charge in [0.1, 0.15) is 23.5 Å². The Bertz CT molecular complexity index is 942. The van der Waals surface area contributed by atoms with Crippen molar-refractivity contribution in [2.45, 2.75) is 25.0 Å². The zero-order valence-corrected chi connectivity index (χ0v) is 16.3. The number of hydrogen-bond acceptors (Lipinski definition) is 3. The number of halogens is 6. The Labute approximate surface area is 173 Å². The number of alkyl halides is 2. The molecule has 0 amide bonds. The molecule has 0 bridgehead atoms. The molecule has 1 unspecified atom stereocenters. The molecule has 3 rings (SSSR count). The number of carbonyl (C=O) groups is 1. The summed E-state index contributed by atoms with van der Waals surface area (Å²) in [5, 5.41) is 8.82. The molecule has 2 aromatic rings. The topological polar surface area (TPSA) is 49.8 Å². The second-order valence-corrected chi connectivity index (χ2v) is 7.59. The molecule has 0 aromatic heterocycles. The van der Waals surface area contributed by atoms with Crippen LogP contribution in [-0.4, -0.2) is 41.1 Å². The zero-order chi connectivity index (χ0) is 21.3. The van der Waals surface area contributed by atoms with Gasteiger partial charge in [0, 0.05) is 24.2 Å². The number of hydrogen-bond donors (Lipinski definition) is 1. The van der Waals surface area contributed by atoms with Crippen molar-refractivity contribution in [3.8, 4) is 5.75 Å². The van der Waals surface area contributed by atoms with Crippen LogP contribution in [0.2, 0.25) is 10.0 Å². The summed E-state index contributed by atoms with van der Waals surface area (Å²) in [5.74, 6) is -6.46. The van der Waals surface area contributed by atoms with Crippen LogP contribution in [0.5, 0.6) is 5.75 Å². The summed E-state index contributed by atoms with van der Waals surface area (Å²) in [6.45, 7) is -0.461. The van der Waals surface area contributed by atoms with Crippen LogP contribution in [0.3, 0.4) is 0 Å². The Morgan fingerprint density at radius 1 is 1.21 bits per heavy atom. The number of likely N-dealkylation sites (tertiary alicyclic amines) is 1. The molecule has 1 atom stereocenters. The van der Waals surface area contributed by atoms with Crippen molar-refractivity contribution in [3.63, 3.8) is 0 Å². The smallest absolute Gasteiger partial charge is 0.338 e. The van der Waals surface area contributed by atoms with Gasteiger partial charge in [-0.15, -0.1) is 0 Å². The lowest BCUT2D eigenvalue weighted by Crippen LogP contribution is -2.50. The molecule has 156 valence electrons. The molecule has 1 saturated heterocycles.